The summed E-state index contributed by atoms with van der Waals surface area (Å²) in [6.07, 6.45) is 0. The lowest BCUT2D eigenvalue weighted by Crippen LogP contribution is -2.21. The van der Waals surface area contributed by atoms with Crippen LogP contribution in [0.4, 0.5) is 17.1 Å². The first kappa shape index (κ1) is 23.1. The largest absolute Gasteiger partial charge is 0.507 e. The van der Waals surface area contributed by atoms with Crippen molar-refractivity contribution in [1.29, 1.82) is 0 Å². The number of aryl methyl sites for hydroxylation is 1. The van der Waals surface area contributed by atoms with Crippen molar-refractivity contribution in [2.24, 2.45) is 0 Å². The van der Waals surface area contributed by atoms with E-state index >= 15 is 0 Å². The van der Waals surface area contributed by atoms with E-state index in [4.69, 9.17) is 0 Å². The Balaban J connectivity index is 1.60. The summed E-state index contributed by atoms with van der Waals surface area (Å²) < 4.78 is 28.9. The number of nitrogens with one attached hydrogen (secondary N) is 2. The van der Waals surface area contributed by atoms with E-state index in [0.717, 1.165) is 6.07 Å². The predicted octanol–water partition coefficient (Wildman–Crippen LogP) is 4.73. The third kappa shape index (κ3) is 3.85. The van der Waals surface area contributed by atoms with E-state index in [1.165, 1.54) is 24.3 Å². The number of aromatic hydroxyl groups is 2. The van der Waals surface area contributed by atoms with Crippen LogP contribution in [0.15, 0.2) is 83.8 Å². The lowest BCUT2D eigenvalue weighted by atomic mass is 9.82. The Hall–Kier alpha value is -4.63. The van der Waals surface area contributed by atoms with Crippen LogP contribution in [0.3, 0.4) is 0 Å². The molecular weight excluding hydrogens is 480 g/mol. The van der Waals surface area contributed by atoms with Crippen molar-refractivity contribution in [3.8, 4) is 11.5 Å². The van der Waals surface area contributed by atoms with Crippen LogP contribution in [0.25, 0.3) is 0 Å². The molecule has 9 heteroatoms. The van der Waals surface area contributed by atoms with Gasteiger partial charge in [-0.2, -0.15) is 0 Å². The van der Waals surface area contributed by atoms with E-state index in [1.54, 1.807) is 55.5 Å². The molecule has 0 saturated heterocycles. The minimum absolute atomic E-state index is 0.0914. The average Bonchev–Trinajstić information content (AvgIpc) is 2.86. The van der Waals surface area contributed by atoms with Crippen molar-refractivity contribution < 1.29 is 28.2 Å². The summed E-state index contributed by atoms with van der Waals surface area (Å²) in [7, 11) is -4.06. The number of carbonyl (C=O) groups is 2. The zero-order valence-electron chi connectivity index (χ0n) is 18.9. The molecule has 4 aromatic rings. The number of carbonyl (C=O) groups excluding carboxylic acids is 2. The van der Waals surface area contributed by atoms with Crippen molar-refractivity contribution in [3.05, 3.63) is 107 Å². The Bertz CT molecular complexity index is 1660. The predicted molar refractivity (Wildman–Crippen MR) is 135 cm³/mol. The second-order valence-electron chi connectivity index (χ2n) is 8.34. The van der Waals surface area contributed by atoms with Gasteiger partial charge in [0.1, 0.15) is 10.6 Å². The molecule has 1 aliphatic carbocycles. The monoisotopic (exact) mass is 500 g/mol. The van der Waals surface area contributed by atoms with E-state index in [-0.39, 0.29) is 38.5 Å². The Labute approximate surface area is 206 Å². The van der Waals surface area contributed by atoms with Crippen LogP contribution in [0.5, 0.6) is 11.5 Å². The molecule has 0 aliphatic heterocycles. The molecule has 0 radical (unpaired) electrons. The topological polar surface area (TPSA) is 133 Å². The zero-order chi connectivity index (χ0) is 25.6. The van der Waals surface area contributed by atoms with Crippen LogP contribution in [-0.4, -0.2) is 30.2 Å². The third-order valence-corrected chi connectivity index (χ3v) is 7.29. The summed E-state index contributed by atoms with van der Waals surface area (Å²) in [5.74, 6) is -2.31. The number of anilines is 3. The number of benzene rings is 4. The van der Waals surface area contributed by atoms with Crippen molar-refractivity contribution in [3.63, 3.8) is 0 Å². The zero-order valence-corrected chi connectivity index (χ0v) is 19.8. The average molecular weight is 501 g/mol. The van der Waals surface area contributed by atoms with E-state index in [9.17, 15) is 28.2 Å². The van der Waals surface area contributed by atoms with E-state index in [0.29, 0.717) is 11.3 Å². The highest BCUT2D eigenvalue weighted by molar-refractivity contribution is 7.92. The number of rotatable bonds is 5. The lowest BCUT2D eigenvalue weighted by molar-refractivity contribution is 0.0974. The number of hydrogen-bond acceptors (Lipinski definition) is 7. The first-order valence-electron chi connectivity index (χ1n) is 10.9. The Morgan fingerprint density at radius 1 is 0.722 bits per heavy atom. The lowest BCUT2D eigenvalue weighted by Gasteiger charge is -2.22. The van der Waals surface area contributed by atoms with Gasteiger partial charge in [-0.15, -0.1) is 0 Å². The number of fused-ring (bicyclic) bond motifs is 2. The molecule has 0 amide bonds. The molecule has 0 atom stereocenters. The maximum atomic E-state index is 13.2. The quantitative estimate of drug-likeness (QED) is 0.203. The molecule has 5 rings (SSSR count). The summed E-state index contributed by atoms with van der Waals surface area (Å²) >= 11 is 0. The number of ketones is 2. The maximum absolute atomic E-state index is 13.2. The van der Waals surface area contributed by atoms with Crippen LogP contribution < -0.4 is 10.0 Å². The molecule has 4 N–H and O–H groups in total. The molecule has 0 saturated carbocycles. The minimum Gasteiger partial charge on any atom is -0.507 e. The fourth-order valence-corrected chi connectivity index (χ4v) is 5.48. The number of hydrogen-bond donors (Lipinski definition) is 4. The van der Waals surface area contributed by atoms with E-state index < -0.39 is 33.1 Å². The van der Waals surface area contributed by atoms with Gasteiger partial charge in [-0.05, 0) is 36.8 Å². The van der Waals surface area contributed by atoms with Crippen LogP contribution in [0, 0.1) is 6.92 Å². The maximum Gasteiger partial charge on any atom is 0.263 e. The number of phenols is 2. The van der Waals surface area contributed by atoms with Gasteiger partial charge >= 0.3 is 0 Å². The minimum atomic E-state index is -4.06. The highest BCUT2D eigenvalue weighted by Gasteiger charge is 2.35. The molecular formula is C27H20N2O6S. The fraction of sp³-hybridized carbons (Fsp3) is 0.0370. The van der Waals surface area contributed by atoms with Crippen molar-refractivity contribution in [2.75, 3.05) is 10.0 Å². The highest BCUT2D eigenvalue weighted by atomic mass is 32.2. The molecule has 4 aromatic carbocycles. The molecule has 0 aromatic heterocycles. The fourth-order valence-electron chi connectivity index (χ4n) is 4.17. The Kier molecular flexibility index (Phi) is 5.49. The SMILES string of the molecule is Cc1ccc(Nc2cc(O)c3c(c2O)C(=O)c2ccccc2C3=O)c(S(=O)(=O)Nc2ccccc2)c1. The molecule has 8 nitrogen and oxygen atoms in total. The van der Waals surface area contributed by atoms with Gasteiger partial charge in [-0.3, -0.25) is 14.3 Å². The second kappa shape index (κ2) is 8.54. The van der Waals surface area contributed by atoms with Crippen LogP contribution in [0.2, 0.25) is 0 Å². The number of para-hydroxylation sites is 1. The van der Waals surface area contributed by atoms with Gasteiger partial charge in [-0.1, -0.05) is 48.5 Å². The summed E-state index contributed by atoms with van der Waals surface area (Å²) in [6.45, 7) is 1.73. The molecule has 0 unspecified atom stereocenters. The van der Waals surface area contributed by atoms with Crippen molar-refractivity contribution in [2.45, 2.75) is 11.8 Å². The highest BCUT2D eigenvalue weighted by Crippen LogP contribution is 2.43. The molecule has 1 aliphatic rings. The van der Waals surface area contributed by atoms with Crippen molar-refractivity contribution >= 4 is 38.7 Å². The van der Waals surface area contributed by atoms with E-state index in [2.05, 4.69) is 10.0 Å². The molecule has 180 valence electrons. The van der Waals surface area contributed by atoms with Crippen LogP contribution >= 0.6 is 0 Å². The van der Waals surface area contributed by atoms with Gasteiger partial charge in [0.2, 0.25) is 0 Å². The molecule has 0 spiro atoms. The Morgan fingerprint density at radius 2 is 1.33 bits per heavy atom. The van der Waals surface area contributed by atoms with Gasteiger partial charge in [-0.25, -0.2) is 8.42 Å². The summed E-state index contributed by atoms with van der Waals surface area (Å²) in [4.78, 5) is 26.0. The van der Waals surface area contributed by atoms with Gasteiger partial charge in [0, 0.05) is 22.9 Å². The normalized spacial score (nSPS) is 12.6. The third-order valence-electron chi connectivity index (χ3n) is 5.87. The van der Waals surface area contributed by atoms with Crippen LogP contribution in [-0.2, 0) is 10.0 Å². The molecule has 0 heterocycles. The van der Waals surface area contributed by atoms with Gasteiger partial charge in [0.25, 0.3) is 10.0 Å². The second-order valence-corrected chi connectivity index (χ2v) is 9.99. The molecule has 0 bridgehead atoms. The standard InChI is InChI=1S/C27H20N2O6S/c1-15-11-12-19(22(13-15)36(34,35)29-16-7-3-2-4-8-16)28-20-14-21(30)23-24(27(20)33)26(32)18-10-6-5-9-17(18)25(23)31/h2-14,28-30,33H,1H3. The summed E-state index contributed by atoms with van der Waals surface area (Å²) in [5.41, 5.74) is 0.576. The van der Waals surface area contributed by atoms with Gasteiger partial charge in [0.05, 0.1) is 22.5 Å². The molecule has 0 fully saturated rings. The smallest absolute Gasteiger partial charge is 0.263 e. The van der Waals surface area contributed by atoms with E-state index in [1.807, 2.05) is 0 Å². The van der Waals surface area contributed by atoms with Gasteiger partial charge < -0.3 is 15.5 Å². The number of phenolic OH excluding ortho intramolecular Hbond substituents is 2. The summed E-state index contributed by atoms with van der Waals surface area (Å²) in [5, 5.41) is 24.5. The first-order valence-corrected chi connectivity index (χ1v) is 12.4. The van der Waals surface area contributed by atoms with Crippen LogP contribution in [0.1, 0.15) is 37.4 Å². The van der Waals surface area contributed by atoms with Gasteiger partial charge in [0.15, 0.2) is 17.3 Å². The molecule has 36 heavy (non-hydrogen) atoms. The summed E-state index contributed by atoms with van der Waals surface area (Å²) in [6, 6.07) is 20.2. The Morgan fingerprint density at radius 3 is 2.00 bits per heavy atom. The first-order chi connectivity index (χ1) is 17.2. The number of sulfonamides is 1. The van der Waals surface area contributed by atoms with Crippen molar-refractivity contribution in [1.82, 2.24) is 0 Å².